The van der Waals surface area contributed by atoms with Gasteiger partial charge in [0.1, 0.15) is 0 Å². The predicted molar refractivity (Wildman–Crippen MR) is 74.1 cm³/mol. The number of carbonyl (C=O) groups excluding carboxylic acids is 1. The molecule has 1 aliphatic carbocycles. The molecule has 0 atom stereocenters. The predicted octanol–water partition coefficient (Wildman–Crippen LogP) is 2.76. The molecule has 98 valence electrons. The van der Waals surface area contributed by atoms with Gasteiger partial charge in [-0.1, -0.05) is 6.42 Å². The van der Waals surface area contributed by atoms with Gasteiger partial charge in [-0.2, -0.15) is 16.4 Å². The molecule has 0 bridgehead atoms. The van der Waals surface area contributed by atoms with Crippen LogP contribution in [0.5, 0.6) is 0 Å². The Labute approximate surface area is 115 Å². The summed E-state index contributed by atoms with van der Waals surface area (Å²) in [6.45, 7) is 1.86. The number of rotatable bonds is 2. The van der Waals surface area contributed by atoms with Crippen molar-refractivity contribution in [1.29, 1.82) is 0 Å². The van der Waals surface area contributed by atoms with E-state index in [9.17, 15) is 4.79 Å². The largest absolute Gasteiger partial charge is 0.337 e. The molecule has 1 saturated heterocycles. The molecule has 2 fully saturated rings. The van der Waals surface area contributed by atoms with Gasteiger partial charge in [0.2, 0.25) is 0 Å². The highest BCUT2D eigenvalue weighted by atomic mass is 32.1. The van der Waals surface area contributed by atoms with Crippen molar-refractivity contribution in [2.75, 3.05) is 13.1 Å². The molecule has 1 aliphatic heterocycles. The summed E-state index contributed by atoms with van der Waals surface area (Å²) in [5.74, 6) is 0.118. The fraction of sp³-hybridized carbons (Fsp3) is 0.429. The fourth-order valence-electron chi connectivity index (χ4n) is 3.15. The molecule has 2 aliphatic rings. The number of thiophene rings is 1. The van der Waals surface area contributed by atoms with Crippen LogP contribution < -0.4 is 0 Å². The lowest BCUT2D eigenvalue weighted by atomic mass is 9.63. The Morgan fingerprint density at radius 3 is 2.89 bits per heavy atom. The molecule has 4 nitrogen and oxygen atoms in total. The fourth-order valence-corrected chi connectivity index (χ4v) is 3.79. The van der Waals surface area contributed by atoms with E-state index in [4.69, 9.17) is 0 Å². The minimum absolute atomic E-state index is 0.118. The molecule has 0 radical (unpaired) electrons. The normalized spacial score (nSPS) is 20.1. The van der Waals surface area contributed by atoms with E-state index in [0.29, 0.717) is 11.0 Å². The van der Waals surface area contributed by atoms with E-state index in [0.717, 1.165) is 24.3 Å². The van der Waals surface area contributed by atoms with Gasteiger partial charge in [0.25, 0.3) is 5.91 Å². The Morgan fingerprint density at radius 1 is 1.42 bits per heavy atom. The van der Waals surface area contributed by atoms with Gasteiger partial charge < -0.3 is 4.90 Å². The molecule has 0 unspecified atom stereocenters. The summed E-state index contributed by atoms with van der Waals surface area (Å²) in [6, 6.07) is 2.01. The first-order chi connectivity index (χ1) is 9.27. The number of hydrogen-bond donors (Lipinski definition) is 1. The van der Waals surface area contributed by atoms with Gasteiger partial charge in [-0.25, -0.2) is 0 Å². The molecule has 4 rings (SSSR count). The highest BCUT2D eigenvalue weighted by molar-refractivity contribution is 7.08. The minimum Gasteiger partial charge on any atom is -0.337 e. The second-order valence-electron chi connectivity index (χ2n) is 5.69. The third-order valence-corrected chi connectivity index (χ3v) is 5.12. The zero-order chi connectivity index (χ0) is 12.9. The van der Waals surface area contributed by atoms with Crippen LogP contribution >= 0.6 is 11.3 Å². The van der Waals surface area contributed by atoms with Crippen LogP contribution in [0.15, 0.2) is 23.0 Å². The van der Waals surface area contributed by atoms with Crippen molar-refractivity contribution in [3.63, 3.8) is 0 Å². The van der Waals surface area contributed by atoms with Crippen molar-refractivity contribution in [2.45, 2.75) is 19.3 Å². The van der Waals surface area contributed by atoms with Crippen LogP contribution in [0.2, 0.25) is 0 Å². The standard InChI is InChI=1S/C14H15N3OS/c18-13(17-8-14(9-17)3-1-4-14)11-6-15-16-12(11)10-2-5-19-7-10/h2,5-7H,1,3-4,8-9H2,(H,15,16). The van der Waals surface area contributed by atoms with E-state index in [2.05, 4.69) is 10.2 Å². The quantitative estimate of drug-likeness (QED) is 0.914. The Balaban J connectivity index is 1.57. The number of likely N-dealkylation sites (tertiary alicyclic amines) is 1. The van der Waals surface area contributed by atoms with Gasteiger partial charge in [0.05, 0.1) is 17.5 Å². The number of carbonyl (C=O) groups is 1. The maximum atomic E-state index is 12.5. The molecular weight excluding hydrogens is 258 g/mol. The average Bonchev–Trinajstić information content (AvgIpc) is 2.95. The molecule has 2 aromatic heterocycles. The second-order valence-corrected chi connectivity index (χ2v) is 6.47. The number of nitrogens with zero attached hydrogens (tertiary/aromatic N) is 2. The summed E-state index contributed by atoms with van der Waals surface area (Å²) in [6.07, 6.45) is 5.56. The Kier molecular flexibility index (Phi) is 2.33. The summed E-state index contributed by atoms with van der Waals surface area (Å²) in [5, 5.41) is 11.0. The van der Waals surface area contributed by atoms with Crippen molar-refractivity contribution in [3.05, 3.63) is 28.6 Å². The highest BCUT2D eigenvalue weighted by Gasteiger charge is 2.49. The summed E-state index contributed by atoms with van der Waals surface area (Å²) in [7, 11) is 0. The first-order valence-corrected chi connectivity index (χ1v) is 7.57. The highest BCUT2D eigenvalue weighted by Crippen LogP contribution is 2.48. The Morgan fingerprint density at radius 2 is 2.26 bits per heavy atom. The van der Waals surface area contributed by atoms with Crippen LogP contribution in [0.25, 0.3) is 11.3 Å². The first kappa shape index (κ1) is 11.2. The lowest BCUT2D eigenvalue weighted by Crippen LogP contribution is -2.61. The molecule has 1 saturated carbocycles. The zero-order valence-corrected chi connectivity index (χ0v) is 11.4. The Bertz CT molecular complexity index is 604. The minimum atomic E-state index is 0.118. The van der Waals surface area contributed by atoms with Crippen molar-refractivity contribution in [2.24, 2.45) is 5.41 Å². The van der Waals surface area contributed by atoms with E-state index in [1.165, 1.54) is 19.3 Å². The molecule has 1 spiro atoms. The second kappa shape index (κ2) is 3.93. The van der Waals surface area contributed by atoms with Crippen molar-refractivity contribution in [3.8, 4) is 11.3 Å². The molecule has 1 N–H and O–H groups in total. The van der Waals surface area contributed by atoms with Gasteiger partial charge in [0.15, 0.2) is 0 Å². The van der Waals surface area contributed by atoms with Crippen LogP contribution in [0.3, 0.4) is 0 Å². The van der Waals surface area contributed by atoms with Gasteiger partial charge in [-0.05, 0) is 24.3 Å². The van der Waals surface area contributed by atoms with Crippen LogP contribution in [-0.4, -0.2) is 34.1 Å². The zero-order valence-electron chi connectivity index (χ0n) is 10.6. The van der Waals surface area contributed by atoms with Crippen LogP contribution in [0, 0.1) is 5.41 Å². The molecule has 1 amide bonds. The van der Waals surface area contributed by atoms with E-state index < -0.39 is 0 Å². The van der Waals surface area contributed by atoms with Gasteiger partial charge in [-0.3, -0.25) is 9.89 Å². The summed E-state index contributed by atoms with van der Waals surface area (Å²) >= 11 is 1.63. The molecule has 3 heterocycles. The summed E-state index contributed by atoms with van der Waals surface area (Å²) < 4.78 is 0. The van der Waals surface area contributed by atoms with Crippen LogP contribution in [0.4, 0.5) is 0 Å². The van der Waals surface area contributed by atoms with E-state index in [1.807, 2.05) is 21.7 Å². The third-order valence-electron chi connectivity index (χ3n) is 4.43. The number of aromatic amines is 1. The van der Waals surface area contributed by atoms with Gasteiger partial charge in [0, 0.05) is 29.4 Å². The molecule has 5 heteroatoms. The van der Waals surface area contributed by atoms with Gasteiger partial charge in [-0.15, -0.1) is 0 Å². The van der Waals surface area contributed by atoms with Crippen LogP contribution in [-0.2, 0) is 0 Å². The number of amides is 1. The van der Waals surface area contributed by atoms with Crippen LogP contribution in [0.1, 0.15) is 29.6 Å². The number of H-pyrrole nitrogens is 1. The molecular formula is C14H15N3OS. The average molecular weight is 273 g/mol. The van der Waals surface area contributed by atoms with Crippen molar-refractivity contribution >= 4 is 17.2 Å². The van der Waals surface area contributed by atoms with Gasteiger partial charge >= 0.3 is 0 Å². The lowest BCUT2D eigenvalue weighted by molar-refractivity contribution is -0.0425. The number of aromatic nitrogens is 2. The smallest absolute Gasteiger partial charge is 0.257 e. The van der Waals surface area contributed by atoms with E-state index >= 15 is 0 Å². The topological polar surface area (TPSA) is 49.0 Å². The van der Waals surface area contributed by atoms with E-state index in [1.54, 1.807) is 17.5 Å². The molecule has 0 aromatic carbocycles. The molecule has 19 heavy (non-hydrogen) atoms. The summed E-state index contributed by atoms with van der Waals surface area (Å²) in [4.78, 5) is 14.5. The lowest BCUT2D eigenvalue weighted by Gasteiger charge is -2.55. The monoisotopic (exact) mass is 273 g/mol. The van der Waals surface area contributed by atoms with Crippen molar-refractivity contribution < 1.29 is 4.79 Å². The maximum absolute atomic E-state index is 12.5. The third kappa shape index (κ3) is 1.64. The first-order valence-electron chi connectivity index (χ1n) is 6.63. The molecule has 2 aromatic rings. The number of hydrogen-bond acceptors (Lipinski definition) is 3. The van der Waals surface area contributed by atoms with Crippen molar-refractivity contribution in [1.82, 2.24) is 15.1 Å². The van der Waals surface area contributed by atoms with E-state index in [-0.39, 0.29) is 5.91 Å². The SMILES string of the molecule is O=C(c1cn[nH]c1-c1ccsc1)N1CC2(CCC2)C1. The summed E-state index contributed by atoms with van der Waals surface area (Å²) in [5.41, 5.74) is 3.07. The maximum Gasteiger partial charge on any atom is 0.257 e. The Hall–Kier alpha value is -1.62. The number of nitrogens with one attached hydrogen (secondary N) is 1.